The van der Waals surface area contributed by atoms with Crippen LogP contribution in [-0.4, -0.2) is 36.9 Å². The van der Waals surface area contributed by atoms with Crippen molar-refractivity contribution in [3.63, 3.8) is 0 Å². The van der Waals surface area contributed by atoms with E-state index < -0.39 is 35.0 Å². The van der Waals surface area contributed by atoms with Crippen molar-refractivity contribution in [2.45, 2.75) is 38.8 Å². The normalized spacial score (nSPS) is 12.7. The van der Waals surface area contributed by atoms with E-state index in [-0.39, 0.29) is 11.8 Å². The number of nitrogens with zero attached hydrogens (tertiary/aromatic N) is 2. The Bertz CT molecular complexity index is 1500. The van der Waals surface area contributed by atoms with Gasteiger partial charge in [-0.3, -0.25) is 9.36 Å². The van der Waals surface area contributed by atoms with E-state index in [1.165, 1.54) is 16.8 Å². The number of hydrogen-bond acceptors (Lipinski definition) is 5. The van der Waals surface area contributed by atoms with Crippen molar-refractivity contribution >= 4 is 33.9 Å². The maximum atomic E-state index is 13.0. The van der Waals surface area contributed by atoms with Crippen molar-refractivity contribution in [3.05, 3.63) is 81.1 Å². The third-order valence-electron chi connectivity index (χ3n) is 5.23. The molecule has 2 aromatic carbocycles. The smallest absolute Gasteiger partial charge is 0.419 e. The first-order chi connectivity index (χ1) is 15.6. The van der Waals surface area contributed by atoms with Gasteiger partial charge in [0.05, 0.1) is 16.4 Å². The average Bonchev–Trinajstić information content (AvgIpc) is 3.10. The van der Waals surface area contributed by atoms with Gasteiger partial charge >= 0.3 is 17.8 Å². The molecule has 2 heterocycles. The molecule has 2 aromatic heterocycles. The number of ether oxygens (including phenoxy) is 1. The molecule has 33 heavy (non-hydrogen) atoms. The Labute approximate surface area is 187 Å². The van der Waals surface area contributed by atoms with Crippen LogP contribution in [0, 0.1) is 0 Å². The first kappa shape index (κ1) is 22.1. The third kappa shape index (κ3) is 4.17. The van der Waals surface area contributed by atoms with Gasteiger partial charge in [-0.1, -0.05) is 30.3 Å². The Morgan fingerprint density at radius 1 is 1.03 bits per heavy atom. The second-order valence-electron chi connectivity index (χ2n) is 8.73. The Hall–Kier alpha value is -4.14. The lowest BCUT2D eigenvalue weighted by Crippen LogP contribution is -2.41. The van der Waals surface area contributed by atoms with Gasteiger partial charge in [-0.2, -0.15) is 0 Å². The molecule has 0 aliphatic heterocycles. The molecule has 0 spiro atoms. The maximum absolute atomic E-state index is 13.0. The molecule has 170 valence electrons. The van der Waals surface area contributed by atoms with Gasteiger partial charge in [-0.25, -0.2) is 19.0 Å². The quantitative estimate of drug-likeness (QED) is 0.493. The highest BCUT2D eigenvalue weighted by atomic mass is 16.6. The molecule has 0 aliphatic rings. The molecule has 0 radical (unpaired) electrons. The number of carboxylic acid groups (broad SMARTS) is 1. The number of carbonyl (C=O) groups excluding carboxylic acids is 1. The predicted molar refractivity (Wildman–Crippen MR) is 123 cm³/mol. The topological polar surface area (TPSA) is 123 Å². The monoisotopic (exact) mass is 449 g/mol. The van der Waals surface area contributed by atoms with Crippen LogP contribution in [-0.2, 0) is 16.0 Å². The van der Waals surface area contributed by atoms with E-state index in [1.54, 1.807) is 63.2 Å². The number of fused-ring (bicyclic) bond motifs is 2. The minimum atomic E-state index is -1.48. The molecule has 9 nitrogen and oxygen atoms in total. The lowest BCUT2D eigenvalue weighted by atomic mass is 10.0. The van der Waals surface area contributed by atoms with Crippen LogP contribution in [0.3, 0.4) is 0 Å². The number of rotatable bonds is 4. The second kappa shape index (κ2) is 8.09. The summed E-state index contributed by atoms with van der Waals surface area (Å²) in [5.41, 5.74) is -0.888. The number of aromatic amines is 1. The maximum Gasteiger partial charge on any atom is 0.419 e. The second-order valence-corrected chi connectivity index (χ2v) is 8.73. The predicted octanol–water partition coefficient (Wildman–Crippen LogP) is 3.30. The van der Waals surface area contributed by atoms with Crippen LogP contribution < -0.4 is 11.2 Å². The van der Waals surface area contributed by atoms with Crippen LogP contribution in [0.1, 0.15) is 32.4 Å². The summed E-state index contributed by atoms with van der Waals surface area (Å²) in [7, 11) is 0. The number of aliphatic carboxylic acids is 1. The van der Waals surface area contributed by atoms with Crippen molar-refractivity contribution in [1.82, 2.24) is 14.1 Å². The summed E-state index contributed by atoms with van der Waals surface area (Å²) in [4.78, 5) is 53.2. The summed E-state index contributed by atoms with van der Waals surface area (Å²) in [5.74, 6) is -1.34. The minimum Gasteiger partial charge on any atom is -0.480 e. The highest BCUT2D eigenvalue weighted by molar-refractivity contribution is 5.92. The van der Waals surface area contributed by atoms with Crippen LogP contribution in [0.25, 0.3) is 21.8 Å². The standard InChI is InChI=1S/C24H23N3O6/c1-24(2,3)33-23(32)26-13-14(15-8-5-7-11-18(15)26)12-19(21(29)30)27-20(28)16-9-4-6-10-17(16)25-22(27)31/h4-11,13,19H,12H2,1-3H3,(H,25,31)(H,29,30). The molecule has 0 saturated carbocycles. The summed E-state index contributed by atoms with van der Waals surface area (Å²) < 4.78 is 7.49. The van der Waals surface area contributed by atoms with E-state index in [4.69, 9.17) is 4.74 Å². The highest BCUT2D eigenvalue weighted by Crippen LogP contribution is 2.26. The van der Waals surface area contributed by atoms with E-state index >= 15 is 0 Å². The van der Waals surface area contributed by atoms with Crippen molar-refractivity contribution in [2.24, 2.45) is 0 Å². The summed E-state index contributed by atoms with van der Waals surface area (Å²) >= 11 is 0. The molecule has 0 saturated heterocycles. The van der Waals surface area contributed by atoms with Crippen LogP contribution in [0.2, 0.25) is 0 Å². The summed E-state index contributed by atoms with van der Waals surface area (Å²) in [6, 6.07) is 11.9. The van der Waals surface area contributed by atoms with Crippen LogP contribution >= 0.6 is 0 Å². The van der Waals surface area contributed by atoms with E-state index in [0.717, 1.165) is 0 Å². The largest absolute Gasteiger partial charge is 0.480 e. The van der Waals surface area contributed by atoms with Gasteiger partial charge in [0.25, 0.3) is 5.56 Å². The molecule has 0 bridgehead atoms. The Morgan fingerprint density at radius 3 is 2.33 bits per heavy atom. The first-order valence-electron chi connectivity index (χ1n) is 10.4. The van der Waals surface area contributed by atoms with Crippen LogP contribution in [0.15, 0.2) is 64.3 Å². The molecule has 4 aromatic rings. The van der Waals surface area contributed by atoms with Gasteiger partial charge in [0.15, 0.2) is 0 Å². The van der Waals surface area contributed by atoms with E-state index in [2.05, 4.69) is 4.98 Å². The molecule has 1 unspecified atom stereocenters. The van der Waals surface area contributed by atoms with Crippen LogP contribution in [0.5, 0.6) is 0 Å². The molecule has 1 atom stereocenters. The summed E-state index contributed by atoms with van der Waals surface area (Å²) in [6.07, 6.45) is 0.694. The molecule has 4 rings (SSSR count). The van der Waals surface area contributed by atoms with Gasteiger partial charge < -0.3 is 14.8 Å². The van der Waals surface area contributed by atoms with Gasteiger partial charge in [-0.05, 0) is 44.5 Å². The molecule has 0 fully saturated rings. The number of nitrogens with one attached hydrogen (secondary N) is 1. The average molecular weight is 449 g/mol. The Balaban J connectivity index is 1.84. The molecule has 9 heteroatoms. The van der Waals surface area contributed by atoms with Crippen molar-refractivity contribution in [2.75, 3.05) is 0 Å². The number of benzene rings is 2. The highest BCUT2D eigenvalue weighted by Gasteiger charge is 2.28. The van der Waals surface area contributed by atoms with Crippen molar-refractivity contribution < 1.29 is 19.4 Å². The minimum absolute atomic E-state index is 0.188. The molecule has 0 aliphatic carbocycles. The fraction of sp³-hybridized carbons (Fsp3) is 0.250. The molecule has 0 amide bonds. The number of carbonyl (C=O) groups is 2. The zero-order valence-corrected chi connectivity index (χ0v) is 18.4. The first-order valence-corrected chi connectivity index (χ1v) is 10.4. The molecular weight excluding hydrogens is 426 g/mol. The lowest BCUT2D eigenvalue weighted by molar-refractivity contribution is -0.141. The van der Waals surface area contributed by atoms with Gasteiger partial charge in [0.2, 0.25) is 0 Å². The van der Waals surface area contributed by atoms with Gasteiger partial charge in [-0.15, -0.1) is 0 Å². The van der Waals surface area contributed by atoms with Gasteiger partial charge in [0.1, 0.15) is 11.6 Å². The molecule has 2 N–H and O–H groups in total. The number of H-pyrrole nitrogens is 1. The number of hydrogen-bond donors (Lipinski definition) is 2. The summed E-state index contributed by atoms with van der Waals surface area (Å²) in [5, 5.41) is 10.8. The van der Waals surface area contributed by atoms with Crippen molar-refractivity contribution in [3.8, 4) is 0 Å². The van der Waals surface area contributed by atoms with Gasteiger partial charge in [0, 0.05) is 18.0 Å². The van der Waals surface area contributed by atoms with E-state index in [0.29, 0.717) is 26.6 Å². The third-order valence-corrected chi connectivity index (χ3v) is 5.23. The lowest BCUT2D eigenvalue weighted by Gasteiger charge is -2.19. The number of aromatic nitrogens is 3. The van der Waals surface area contributed by atoms with Crippen molar-refractivity contribution in [1.29, 1.82) is 0 Å². The fourth-order valence-corrected chi connectivity index (χ4v) is 3.83. The van der Waals surface area contributed by atoms with E-state index in [1.807, 2.05) is 0 Å². The van der Waals surface area contributed by atoms with Crippen LogP contribution in [0.4, 0.5) is 4.79 Å². The zero-order chi connectivity index (χ0) is 23.9. The zero-order valence-electron chi connectivity index (χ0n) is 18.4. The fourth-order valence-electron chi connectivity index (χ4n) is 3.83. The number of carboxylic acids is 1. The Morgan fingerprint density at radius 2 is 1.67 bits per heavy atom. The Kier molecular flexibility index (Phi) is 5.41. The SMILES string of the molecule is CC(C)(C)OC(=O)n1cc(CC(C(=O)O)n2c(=O)[nH]c3ccccc3c2=O)c2ccccc21. The van der Waals surface area contributed by atoms with E-state index in [9.17, 15) is 24.3 Å². The number of para-hydroxylation sites is 2. The summed E-state index contributed by atoms with van der Waals surface area (Å²) in [6.45, 7) is 5.24. The molecular formula is C24H23N3O6.